The summed E-state index contributed by atoms with van der Waals surface area (Å²) >= 11 is 0. The van der Waals surface area contributed by atoms with Gasteiger partial charge in [0, 0.05) is 65.8 Å². The van der Waals surface area contributed by atoms with Crippen LogP contribution < -0.4 is 0 Å². The van der Waals surface area contributed by atoms with E-state index in [1.807, 2.05) is 0 Å². The van der Waals surface area contributed by atoms with Gasteiger partial charge in [0.2, 0.25) is 0 Å². The van der Waals surface area contributed by atoms with E-state index in [4.69, 9.17) is 0 Å². The summed E-state index contributed by atoms with van der Waals surface area (Å²) in [5.74, 6) is 0. The van der Waals surface area contributed by atoms with Crippen LogP contribution in [0.25, 0.3) is 188 Å². The zero-order valence-corrected chi connectivity index (χ0v) is 58.0. The van der Waals surface area contributed by atoms with E-state index < -0.39 is 0 Å². The lowest BCUT2D eigenvalue weighted by Crippen LogP contribution is -1.96. The molecule has 0 spiro atoms. The summed E-state index contributed by atoms with van der Waals surface area (Å²) in [7, 11) is 0. The molecule has 0 amide bonds. The summed E-state index contributed by atoms with van der Waals surface area (Å²) in [6, 6.07) is 150. The maximum absolute atomic E-state index is 2.46. The van der Waals surface area contributed by atoms with E-state index in [1.165, 1.54) is 165 Å². The van der Waals surface area contributed by atoms with Crippen LogP contribution in [0.1, 0.15) is 0 Å². The molecule has 496 valence electrons. The highest BCUT2D eigenvalue weighted by molar-refractivity contribution is 6.15. The van der Waals surface area contributed by atoms with E-state index in [0.717, 1.165) is 22.7 Å². The Morgan fingerprint density at radius 1 is 0.104 bits per heavy atom. The summed E-state index contributed by atoms with van der Waals surface area (Å²) in [5.41, 5.74) is 31.0. The fourth-order valence-corrected chi connectivity index (χ4v) is 16.4. The monoisotopic (exact) mass is 1350 g/mol. The molecule has 4 heterocycles. The first-order chi connectivity index (χ1) is 52.6. The highest BCUT2D eigenvalue weighted by atomic mass is 15.0. The number of fused-ring (bicyclic) bond motifs is 12. The van der Waals surface area contributed by atoms with Gasteiger partial charge < -0.3 is 18.3 Å². The van der Waals surface area contributed by atoms with Gasteiger partial charge in [-0.05, 0) is 181 Å². The second kappa shape index (κ2) is 26.1. The van der Waals surface area contributed by atoms with Crippen molar-refractivity contribution >= 4 is 87.2 Å². The molecule has 0 atom stereocenters. The number of nitrogens with zero attached hydrogens (tertiary/aromatic N) is 4. The zero-order valence-electron chi connectivity index (χ0n) is 58.0. The summed E-state index contributed by atoms with van der Waals surface area (Å²) < 4.78 is 9.71. The molecule has 4 aromatic heterocycles. The van der Waals surface area contributed by atoms with Gasteiger partial charge >= 0.3 is 0 Å². The quantitative estimate of drug-likeness (QED) is 0.123. The Morgan fingerprint density at radius 3 is 0.651 bits per heavy atom. The molecule has 0 unspecified atom stereocenters. The zero-order chi connectivity index (χ0) is 70.0. The molecule has 0 aliphatic heterocycles. The Balaban J connectivity index is 0.000000141. The first kappa shape index (κ1) is 61.8. The van der Waals surface area contributed by atoms with Crippen molar-refractivity contribution in [2.75, 3.05) is 0 Å². The average molecular weight is 1350 g/mol. The maximum Gasteiger partial charge on any atom is 0.0547 e. The van der Waals surface area contributed by atoms with Gasteiger partial charge in [-0.1, -0.05) is 309 Å². The van der Waals surface area contributed by atoms with Crippen LogP contribution in [0.5, 0.6) is 0 Å². The molecule has 0 bridgehead atoms. The summed E-state index contributed by atoms with van der Waals surface area (Å²) in [4.78, 5) is 0. The van der Waals surface area contributed by atoms with Crippen molar-refractivity contribution < 1.29 is 0 Å². The number of hydrogen-bond acceptors (Lipinski definition) is 0. The molecule has 4 nitrogen and oxygen atoms in total. The predicted octanol–water partition coefficient (Wildman–Crippen LogP) is 27.4. The molecule has 0 fully saturated rings. The predicted molar refractivity (Wildman–Crippen MR) is 448 cm³/mol. The minimum absolute atomic E-state index is 1.14. The molecular weight excluding hydrogens is 1280 g/mol. The van der Waals surface area contributed by atoms with Gasteiger partial charge in [0.1, 0.15) is 0 Å². The van der Waals surface area contributed by atoms with Gasteiger partial charge in [-0.15, -0.1) is 0 Å². The highest BCUT2D eigenvalue weighted by Crippen LogP contribution is 2.43. The molecule has 106 heavy (non-hydrogen) atoms. The first-order valence-corrected chi connectivity index (χ1v) is 36.4. The van der Waals surface area contributed by atoms with Crippen LogP contribution in [0, 0.1) is 0 Å². The van der Waals surface area contributed by atoms with Crippen molar-refractivity contribution in [3.05, 3.63) is 413 Å². The van der Waals surface area contributed by atoms with E-state index in [0.29, 0.717) is 0 Å². The SMILES string of the molecule is c1ccc(-c2ccc(-n3c4ccccc4c4ccc(-c5ccc6c7ccccc7n(-c7cccc(-c8ccccc8)c7)c6c5)cc43)cc2)cc1.c1ccc(-c2cccc(-n3c4ccccc4c4ccc(-c5ccc6c7ccccc7n(-c7cc(-c8ccccc8)cc(-c8ccccc8)c7)c6c5)cc43)c2)cc1. The first-order valence-electron chi connectivity index (χ1n) is 36.4. The van der Waals surface area contributed by atoms with Gasteiger partial charge in [0.05, 0.1) is 44.1 Å². The molecule has 0 radical (unpaired) electrons. The Hall–Kier alpha value is -14.1. The second-order valence-electron chi connectivity index (χ2n) is 27.6. The van der Waals surface area contributed by atoms with Gasteiger partial charge in [-0.25, -0.2) is 0 Å². The van der Waals surface area contributed by atoms with Gasteiger partial charge in [0.15, 0.2) is 0 Å². The van der Waals surface area contributed by atoms with Crippen LogP contribution in [-0.4, -0.2) is 18.3 Å². The third-order valence-electron chi connectivity index (χ3n) is 21.4. The summed E-state index contributed by atoms with van der Waals surface area (Å²) in [5, 5.41) is 10.0. The lowest BCUT2D eigenvalue weighted by Gasteiger charge is -2.14. The van der Waals surface area contributed by atoms with E-state index in [2.05, 4.69) is 431 Å². The molecule has 4 heteroatoms. The van der Waals surface area contributed by atoms with Crippen LogP contribution in [0.2, 0.25) is 0 Å². The average Bonchev–Trinajstić information content (AvgIpc) is 1.59. The molecule has 0 aliphatic carbocycles. The van der Waals surface area contributed by atoms with Crippen LogP contribution >= 0.6 is 0 Å². The van der Waals surface area contributed by atoms with Crippen molar-refractivity contribution in [1.29, 1.82) is 0 Å². The van der Waals surface area contributed by atoms with Crippen LogP contribution in [-0.2, 0) is 0 Å². The number of hydrogen-bond donors (Lipinski definition) is 0. The Bertz CT molecular complexity index is 6840. The Morgan fingerprint density at radius 2 is 0.321 bits per heavy atom. The third kappa shape index (κ3) is 10.9. The van der Waals surface area contributed by atoms with Crippen molar-refractivity contribution in [3.63, 3.8) is 0 Å². The lowest BCUT2D eigenvalue weighted by atomic mass is 9.98. The highest BCUT2D eigenvalue weighted by Gasteiger charge is 2.21. The van der Waals surface area contributed by atoms with Crippen molar-refractivity contribution in [1.82, 2.24) is 18.3 Å². The number of aromatic nitrogens is 4. The van der Waals surface area contributed by atoms with E-state index in [-0.39, 0.29) is 0 Å². The molecule has 0 saturated heterocycles. The molecule has 0 N–H and O–H groups in total. The summed E-state index contributed by atoms with van der Waals surface area (Å²) in [6.45, 7) is 0. The second-order valence-corrected chi connectivity index (χ2v) is 27.6. The standard InChI is InChI=1S/C54H36N2.C48H32N2/c1-4-15-37(16-5-1)40-21-14-22-45(32-40)55-51-25-12-10-23-47(51)49-29-27-41(35-53(49)55)42-28-30-50-48-24-11-13-26-52(48)56(54(50)36-42)46-33-43(38-17-6-2-7-18-38)31-44(34-46)39-19-8-3-9-20-39;1-3-12-33(13-4-1)35-22-26-39(27-23-35)49-45-20-9-7-18-41(45)43-28-24-37(31-47(43)49)38-25-29-44-42-19-8-10-21-46(42)50(48(44)32-38)40-17-11-16-36(30-40)34-14-5-2-6-15-34/h1-36H;1-32H. The van der Waals surface area contributed by atoms with Gasteiger partial charge in [-0.3, -0.25) is 0 Å². The van der Waals surface area contributed by atoms with Gasteiger partial charge in [0.25, 0.3) is 0 Å². The molecule has 21 aromatic rings. The van der Waals surface area contributed by atoms with Crippen molar-refractivity contribution in [3.8, 4) is 101 Å². The molecular formula is C102H68N4. The molecule has 17 aromatic carbocycles. The number of benzene rings is 17. The van der Waals surface area contributed by atoms with Crippen LogP contribution in [0.15, 0.2) is 413 Å². The molecule has 21 rings (SSSR count). The van der Waals surface area contributed by atoms with Gasteiger partial charge in [-0.2, -0.15) is 0 Å². The molecule has 0 aliphatic rings. The normalized spacial score (nSPS) is 11.6. The fraction of sp³-hybridized carbons (Fsp3) is 0. The minimum Gasteiger partial charge on any atom is -0.309 e. The topological polar surface area (TPSA) is 19.7 Å². The lowest BCUT2D eigenvalue weighted by molar-refractivity contribution is 1.18. The maximum atomic E-state index is 2.46. The smallest absolute Gasteiger partial charge is 0.0547 e. The third-order valence-corrected chi connectivity index (χ3v) is 21.4. The Labute approximate surface area is 614 Å². The van der Waals surface area contributed by atoms with E-state index in [9.17, 15) is 0 Å². The van der Waals surface area contributed by atoms with Crippen molar-refractivity contribution in [2.45, 2.75) is 0 Å². The molecule has 0 saturated carbocycles. The van der Waals surface area contributed by atoms with Crippen molar-refractivity contribution in [2.24, 2.45) is 0 Å². The number of para-hydroxylation sites is 4. The van der Waals surface area contributed by atoms with E-state index >= 15 is 0 Å². The van der Waals surface area contributed by atoms with E-state index in [1.54, 1.807) is 0 Å². The van der Waals surface area contributed by atoms with Crippen LogP contribution in [0.3, 0.4) is 0 Å². The fourth-order valence-electron chi connectivity index (χ4n) is 16.4. The summed E-state index contributed by atoms with van der Waals surface area (Å²) in [6.07, 6.45) is 0. The van der Waals surface area contributed by atoms with Crippen LogP contribution in [0.4, 0.5) is 0 Å². The number of rotatable bonds is 11. The largest absolute Gasteiger partial charge is 0.309 e. The Kier molecular flexibility index (Phi) is 15.2. The minimum atomic E-state index is 1.14.